The normalized spacial score (nSPS) is 14.6. The van der Waals surface area contributed by atoms with Gasteiger partial charge in [0.1, 0.15) is 11.9 Å². The molecule has 1 N–H and O–H groups in total. The van der Waals surface area contributed by atoms with Gasteiger partial charge in [0.05, 0.1) is 13.7 Å². The van der Waals surface area contributed by atoms with Gasteiger partial charge >= 0.3 is 0 Å². The second-order valence-corrected chi connectivity index (χ2v) is 4.73. The first-order valence-corrected chi connectivity index (χ1v) is 6.47. The van der Waals surface area contributed by atoms with Gasteiger partial charge in [0, 0.05) is 12.0 Å². The summed E-state index contributed by atoms with van der Waals surface area (Å²) < 4.78 is 24.5. The van der Waals surface area contributed by atoms with Gasteiger partial charge in [-0.1, -0.05) is 18.2 Å². The molecule has 1 heterocycles. The van der Waals surface area contributed by atoms with Crippen molar-refractivity contribution in [3.05, 3.63) is 58.9 Å². The molecule has 0 radical (unpaired) electrons. The lowest BCUT2D eigenvalue weighted by molar-refractivity contribution is 0.213. The van der Waals surface area contributed by atoms with E-state index < -0.39 is 11.9 Å². The molecule has 0 amide bonds. The molecule has 104 valence electrons. The highest BCUT2D eigenvalue weighted by Gasteiger charge is 2.20. The van der Waals surface area contributed by atoms with Crippen LogP contribution in [0.1, 0.15) is 22.8 Å². The Labute approximate surface area is 116 Å². The van der Waals surface area contributed by atoms with E-state index in [4.69, 9.17) is 9.47 Å². The summed E-state index contributed by atoms with van der Waals surface area (Å²) in [5, 5.41) is 10.4. The fourth-order valence-corrected chi connectivity index (χ4v) is 2.45. The molecule has 0 bridgehead atoms. The van der Waals surface area contributed by atoms with Crippen molar-refractivity contribution >= 4 is 0 Å². The van der Waals surface area contributed by atoms with Gasteiger partial charge in [0.15, 0.2) is 11.6 Å². The number of rotatable bonds is 3. The van der Waals surface area contributed by atoms with E-state index in [1.165, 1.54) is 13.2 Å². The molecule has 0 aliphatic carbocycles. The highest BCUT2D eigenvalue weighted by Crippen LogP contribution is 2.33. The van der Waals surface area contributed by atoms with E-state index in [1.807, 2.05) is 12.1 Å². The first-order chi connectivity index (χ1) is 9.70. The number of methoxy groups -OCH3 is 1. The molecule has 0 aromatic heterocycles. The van der Waals surface area contributed by atoms with Crippen LogP contribution in [0, 0.1) is 5.82 Å². The van der Waals surface area contributed by atoms with Gasteiger partial charge in [-0.25, -0.2) is 4.39 Å². The van der Waals surface area contributed by atoms with E-state index in [9.17, 15) is 9.50 Å². The zero-order chi connectivity index (χ0) is 14.1. The fourth-order valence-electron chi connectivity index (χ4n) is 2.45. The predicted octanol–water partition coefficient (Wildman–Crippen LogP) is 2.85. The number of benzene rings is 2. The molecule has 4 heteroatoms. The number of fused-ring (bicyclic) bond motifs is 1. The van der Waals surface area contributed by atoms with E-state index in [0.717, 1.165) is 17.7 Å². The number of ether oxygens (including phenoxy) is 2. The van der Waals surface area contributed by atoms with Gasteiger partial charge in [-0.2, -0.15) is 0 Å². The van der Waals surface area contributed by atoms with Crippen LogP contribution in [0.3, 0.4) is 0 Å². The molecule has 0 fully saturated rings. The fraction of sp³-hybridized carbons (Fsp3) is 0.250. The van der Waals surface area contributed by atoms with E-state index in [-0.39, 0.29) is 11.3 Å². The topological polar surface area (TPSA) is 38.7 Å². The lowest BCUT2D eigenvalue weighted by atomic mass is 9.98. The molecule has 3 nitrogen and oxygen atoms in total. The van der Waals surface area contributed by atoms with Crippen molar-refractivity contribution in [3.63, 3.8) is 0 Å². The molecule has 1 unspecified atom stereocenters. The number of halogens is 1. The molecule has 0 spiro atoms. The van der Waals surface area contributed by atoms with Crippen molar-refractivity contribution in [2.45, 2.75) is 12.5 Å². The predicted molar refractivity (Wildman–Crippen MR) is 72.7 cm³/mol. The third-order valence-corrected chi connectivity index (χ3v) is 3.54. The zero-order valence-electron chi connectivity index (χ0n) is 11.1. The van der Waals surface area contributed by atoms with Crippen LogP contribution < -0.4 is 9.47 Å². The number of hydrogen-bond acceptors (Lipinski definition) is 3. The quantitative estimate of drug-likeness (QED) is 0.935. The van der Waals surface area contributed by atoms with Crippen LogP contribution >= 0.6 is 0 Å². The van der Waals surface area contributed by atoms with Crippen molar-refractivity contribution in [2.75, 3.05) is 13.7 Å². The Morgan fingerprint density at radius 1 is 1.30 bits per heavy atom. The van der Waals surface area contributed by atoms with Gasteiger partial charge in [-0.15, -0.1) is 0 Å². The Hall–Kier alpha value is -2.07. The van der Waals surface area contributed by atoms with Crippen molar-refractivity contribution in [2.24, 2.45) is 0 Å². The van der Waals surface area contributed by atoms with Gasteiger partial charge in [0.25, 0.3) is 0 Å². The maximum Gasteiger partial charge on any atom is 0.171 e. The second-order valence-electron chi connectivity index (χ2n) is 4.73. The van der Waals surface area contributed by atoms with Crippen LogP contribution in [0.2, 0.25) is 0 Å². The molecule has 0 saturated carbocycles. The zero-order valence-corrected chi connectivity index (χ0v) is 11.1. The lowest BCUT2D eigenvalue weighted by Crippen LogP contribution is -2.04. The van der Waals surface area contributed by atoms with Gasteiger partial charge in [0.2, 0.25) is 0 Å². The van der Waals surface area contributed by atoms with E-state index in [1.54, 1.807) is 18.2 Å². The van der Waals surface area contributed by atoms with Crippen molar-refractivity contribution in [1.29, 1.82) is 0 Å². The number of aliphatic hydroxyl groups is 1. The standard InChI is InChI=1S/C16H15FO3/c1-19-14-4-2-3-12(15(14)17)16(18)11-5-6-13-10(9-11)7-8-20-13/h2-6,9,16,18H,7-8H2,1H3. The van der Waals surface area contributed by atoms with E-state index >= 15 is 0 Å². The minimum Gasteiger partial charge on any atom is -0.494 e. The molecule has 2 aromatic rings. The summed E-state index contributed by atoms with van der Waals surface area (Å²) in [6, 6.07) is 10.2. The Balaban J connectivity index is 1.98. The minimum absolute atomic E-state index is 0.131. The smallest absolute Gasteiger partial charge is 0.171 e. The number of hydrogen-bond donors (Lipinski definition) is 1. The Morgan fingerprint density at radius 2 is 2.15 bits per heavy atom. The third-order valence-electron chi connectivity index (χ3n) is 3.54. The first kappa shape index (κ1) is 12.9. The Kier molecular flexibility index (Phi) is 3.32. The van der Waals surface area contributed by atoms with E-state index in [0.29, 0.717) is 12.2 Å². The van der Waals surface area contributed by atoms with Crippen LogP contribution in [-0.2, 0) is 6.42 Å². The van der Waals surface area contributed by atoms with Crippen molar-refractivity contribution in [3.8, 4) is 11.5 Å². The SMILES string of the molecule is COc1cccc(C(O)c2ccc3c(c2)CCO3)c1F. The summed E-state index contributed by atoms with van der Waals surface area (Å²) >= 11 is 0. The monoisotopic (exact) mass is 274 g/mol. The maximum absolute atomic E-state index is 14.2. The Bertz CT molecular complexity index is 640. The molecular formula is C16H15FO3. The summed E-state index contributed by atoms with van der Waals surface area (Å²) in [7, 11) is 1.40. The molecular weight excluding hydrogens is 259 g/mol. The van der Waals surface area contributed by atoms with Gasteiger partial charge in [-0.3, -0.25) is 0 Å². The molecule has 1 atom stereocenters. The van der Waals surface area contributed by atoms with Crippen LogP contribution in [0.15, 0.2) is 36.4 Å². The van der Waals surface area contributed by atoms with Gasteiger partial charge in [-0.05, 0) is 29.3 Å². The van der Waals surface area contributed by atoms with Crippen LogP contribution in [0.25, 0.3) is 0 Å². The molecule has 1 aliphatic rings. The highest BCUT2D eigenvalue weighted by atomic mass is 19.1. The summed E-state index contributed by atoms with van der Waals surface area (Å²) in [5.74, 6) is 0.442. The summed E-state index contributed by atoms with van der Waals surface area (Å²) in [6.45, 7) is 0.655. The Morgan fingerprint density at radius 3 is 2.95 bits per heavy atom. The largest absolute Gasteiger partial charge is 0.494 e. The maximum atomic E-state index is 14.2. The van der Waals surface area contributed by atoms with Crippen LogP contribution in [0.4, 0.5) is 4.39 Å². The molecule has 2 aromatic carbocycles. The summed E-state index contributed by atoms with van der Waals surface area (Å²) in [5.41, 5.74) is 1.91. The first-order valence-electron chi connectivity index (χ1n) is 6.47. The molecule has 0 saturated heterocycles. The molecule has 20 heavy (non-hydrogen) atoms. The lowest BCUT2D eigenvalue weighted by Gasteiger charge is -2.15. The summed E-state index contributed by atoms with van der Waals surface area (Å²) in [4.78, 5) is 0. The van der Waals surface area contributed by atoms with Crippen LogP contribution in [-0.4, -0.2) is 18.8 Å². The van der Waals surface area contributed by atoms with E-state index in [2.05, 4.69) is 0 Å². The highest BCUT2D eigenvalue weighted by molar-refractivity contribution is 5.44. The van der Waals surface area contributed by atoms with Crippen molar-refractivity contribution in [1.82, 2.24) is 0 Å². The molecule has 3 rings (SSSR count). The van der Waals surface area contributed by atoms with Crippen LogP contribution in [0.5, 0.6) is 11.5 Å². The molecule has 1 aliphatic heterocycles. The third kappa shape index (κ3) is 2.12. The minimum atomic E-state index is -1.02. The summed E-state index contributed by atoms with van der Waals surface area (Å²) in [6.07, 6.45) is -0.202. The number of aliphatic hydroxyl groups excluding tert-OH is 1. The average molecular weight is 274 g/mol. The van der Waals surface area contributed by atoms with Gasteiger partial charge < -0.3 is 14.6 Å². The van der Waals surface area contributed by atoms with Crippen molar-refractivity contribution < 1.29 is 19.0 Å². The average Bonchev–Trinajstić information content (AvgIpc) is 2.94. The second kappa shape index (κ2) is 5.13.